The summed E-state index contributed by atoms with van der Waals surface area (Å²) in [6.07, 6.45) is 1.34. The van der Waals surface area contributed by atoms with Crippen LogP contribution < -0.4 is 10.5 Å². The molecule has 1 heterocycles. The molecule has 2 N–H and O–H groups in total. The van der Waals surface area contributed by atoms with Crippen LogP contribution in [0.3, 0.4) is 0 Å². The summed E-state index contributed by atoms with van der Waals surface area (Å²) in [5, 5.41) is 0. The van der Waals surface area contributed by atoms with E-state index in [9.17, 15) is 4.39 Å². The van der Waals surface area contributed by atoms with E-state index < -0.39 is 5.95 Å². The van der Waals surface area contributed by atoms with Crippen molar-refractivity contribution in [1.29, 1.82) is 0 Å². The van der Waals surface area contributed by atoms with Gasteiger partial charge in [0.25, 0.3) is 0 Å². The number of anilines is 1. The SMILES string of the molecule is Cc1cc(N)ccc1Oc1ccc(F)nc1. The van der Waals surface area contributed by atoms with E-state index in [2.05, 4.69) is 4.98 Å². The van der Waals surface area contributed by atoms with Crippen LogP contribution in [-0.2, 0) is 0 Å². The molecule has 0 saturated carbocycles. The van der Waals surface area contributed by atoms with E-state index in [-0.39, 0.29) is 0 Å². The molecule has 0 atom stereocenters. The van der Waals surface area contributed by atoms with Gasteiger partial charge in [-0.15, -0.1) is 0 Å². The maximum Gasteiger partial charge on any atom is 0.213 e. The molecule has 0 aliphatic heterocycles. The minimum Gasteiger partial charge on any atom is -0.455 e. The maximum absolute atomic E-state index is 12.6. The zero-order valence-corrected chi connectivity index (χ0v) is 8.77. The Morgan fingerprint density at radius 1 is 1.25 bits per heavy atom. The Kier molecular flexibility index (Phi) is 2.72. The van der Waals surface area contributed by atoms with Gasteiger partial charge in [0.2, 0.25) is 5.95 Å². The molecule has 2 rings (SSSR count). The molecular formula is C12H11FN2O. The van der Waals surface area contributed by atoms with Gasteiger partial charge in [-0.2, -0.15) is 4.39 Å². The number of pyridine rings is 1. The van der Waals surface area contributed by atoms with Crippen LogP contribution in [0.4, 0.5) is 10.1 Å². The highest BCUT2D eigenvalue weighted by Crippen LogP contribution is 2.25. The van der Waals surface area contributed by atoms with Gasteiger partial charge < -0.3 is 10.5 Å². The van der Waals surface area contributed by atoms with Crippen LogP contribution in [0.5, 0.6) is 11.5 Å². The molecule has 82 valence electrons. The highest BCUT2D eigenvalue weighted by Gasteiger charge is 2.02. The van der Waals surface area contributed by atoms with Crippen LogP contribution in [-0.4, -0.2) is 4.98 Å². The summed E-state index contributed by atoms with van der Waals surface area (Å²) in [4.78, 5) is 3.51. The van der Waals surface area contributed by atoms with E-state index in [1.807, 2.05) is 13.0 Å². The topological polar surface area (TPSA) is 48.1 Å². The third-order valence-corrected chi connectivity index (χ3v) is 2.13. The van der Waals surface area contributed by atoms with Crippen LogP contribution >= 0.6 is 0 Å². The van der Waals surface area contributed by atoms with Gasteiger partial charge in [-0.1, -0.05) is 0 Å². The summed E-state index contributed by atoms with van der Waals surface area (Å²) in [6.45, 7) is 1.89. The summed E-state index contributed by atoms with van der Waals surface area (Å²) in [5.74, 6) is 0.651. The molecular weight excluding hydrogens is 207 g/mol. The lowest BCUT2D eigenvalue weighted by atomic mass is 10.2. The fourth-order valence-electron chi connectivity index (χ4n) is 1.34. The number of nitrogen functional groups attached to an aromatic ring is 1. The molecule has 4 heteroatoms. The van der Waals surface area contributed by atoms with Crippen molar-refractivity contribution in [2.24, 2.45) is 0 Å². The number of rotatable bonds is 2. The first-order valence-electron chi connectivity index (χ1n) is 4.81. The van der Waals surface area contributed by atoms with Gasteiger partial charge in [-0.25, -0.2) is 4.98 Å². The Morgan fingerprint density at radius 2 is 2.06 bits per heavy atom. The van der Waals surface area contributed by atoms with Crippen LogP contribution in [0, 0.1) is 12.9 Å². The van der Waals surface area contributed by atoms with E-state index >= 15 is 0 Å². The zero-order chi connectivity index (χ0) is 11.5. The summed E-state index contributed by atoms with van der Waals surface area (Å²) < 4.78 is 18.1. The summed E-state index contributed by atoms with van der Waals surface area (Å²) in [5.41, 5.74) is 7.23. The van der Waals surface area contributed by atoms with Crippen LogP contribution in [0.15, 0.2) is 36.5 Å². The van der Waals surface area contributed by atoms with Crippen LogP contribution in [0.1, 0.15) is 5.56 Å². The van der Waals surface area contributed by atoms with Gasteiger partial charge in [0.15, 0.2) is 0 Å². The lowest BCUT2D eigenvalue weighted by Crippen LogP contribution is -1.91. The number of hydrogen-bond donors (Lipinski definition) is 1. The number of ether oxygens (including phenoxy) is 1. The molecule has 0 spiro atoms. The van der Waals surface area contributed by atoms with Crippen molar-refractivity contribution in [2.45, 2.75) is 6.92 Å². The second kappa shape index (κ2) is 4.18. The molecule has 2 aromatic rings. The molecule has 0 aliphatic rings. The van der Waals surface area contributed by atoms with E-state index in [0.29, 0.717) is 17.2 Å². The van der Waals surface area contributed by atoms with Gasteiger partial charge in [0.1, 0.15) is 11.5 Å². The van der Waals surface area contributed by atoms with Crippen LogP contribution in [0.2, 0.25) is 0 Å². The monoisotopic (exact) mass is 218 g/mol. The molecule has 1 aromatic carbocycles. The quantitative estimate of drug-likeness (QED) is 0.622. The maximum atomic E-state index is 12.6. The molecule has 0 bridgehead atoms. The van der Waals surface area contributed by atoms with Crippen molar-refractivity contribution in [2.75, 3.05) is 5.73 Å². The molecule has 3 nitrogen and oxygen atoms in total. The van der Waals surface area contributed by atoms with E-state index in [1.165, 1.54) is 18.3 Å². The lowest BCUT2D eigenvalue weighted by molar-refractivity contribution is 0.471. The second-order valence-corrected chi connectivity index (χ2v) is 3.44. The average molecular weight is 218 g/mol. The molecule has 0 unspecified atom stereocenters. The second-order valence-electron chi connectivity index (χ2n) is 3.44. The first-order chi connectivity index (χ1) is 7.65. The van der Waals surface area contributed by atoms with E-state index in [0.717, 1.165) is 5.56 Å². The fourth-order valence-corrected chi connectivity index (χ4v) is 1.34. The van der Waals surface area contributed by atoms with E-state index in [1.54, 1.807) is 12.1 Å². The number of aryl methyl sites for hydroxylation is 1. The number of halogens is 1. The zero-order valence-electron chi connectivity index (χ0n) is 8.77. The van der Waals surface area contributed by atoms with Crippen molar-refractivity contribution < 1.29 is 9.13 Å². The third-order valence-electron chi connectivity index (χ3n) is 2.13. The Bertz CT molecular complexity index is 497. The van der Waals surface area contributed by atoms with Gasteiger partial charge in [-0.05, 0) is 42.8 Å². The number of nitrogens with zero attached hydrogens (tertiary/aromatic N) is 1. The number of aromatic nitrogens is 1. The van der Waals surface area contributed by atoms with Crippen molar-refractivity contribution in [1.82, 2.24) is 4.98 Å². The first-order valence-corrected chi connectivity index (χ1v) is 4.81. The van der Waals surface area contributed by atoms with Crippen molar-refractivity contribution in [3.05, 3.63) is 48.0 Å². The molecule has 0 saturated heterocycles. The largest absolute Gasteiger partial charge is 0.455 e. The summed E-state index contributed by atoms with van der Waals surface area (Å²) in [7, 11) is 0. The predicted octanol–water partition coefficient (Wildman–Crippen LogP) is 2.90. The smallest absolute Gasteiger partial charge is 0.213 e. The number of benzene rings is 1. The lowest BCUT2D eigenvalue weighted by Gasteiger charge is -2.08. The van der Waals surface area contributed by atoms with Crippen molar-refractivity contribution >= 4 is 5.69 Å². The minimum absolute atomic E-state index is 0.495. The van der Waals surface area contributed by atoms with Crippen molar-refractivity contribution in [3.8, 4) is 11.5 Å². The average Bonchev–Trinajstić information content (AvgIpc) is 2.25. The standard InChI is InChI=1S/C12H11FN2O/c1-8-6-9(14)2-4-11(8)16-10-3-5-12(13)15-7-10/h2-7H,14H2,1H3. The number of hydrogen-bond acceptors (Lipinski definition) is 3. The predicted molar refractivity (Wildman–Crippen MR) is 59.9 cm³/mol. The highest BCUT2D eigenvalue weighted by atomic mass is 19.1. The van der Waals surface area contributed by atoms with Gasteiger partial charge in [0, 0.05) is 5.69 Å². The number of nitrogens with two attached hydrogens (primary N) is 1. The van der Waals surface area contributed by atoms with E-state index in [4.69, 9.17) is 10.5 Å². The van der Waals surface area contributed by atoms with Gasteiger partial charge in [-0.3, -0.25) is 0 Å². The highest BCUT2D eigenvalue weighted by molar-refractivity contribution is 5.48. The third kappa shape index (κ3) is 2.28. The van der Waals surface area contributed by atoms with Gasteiger partial charge >= 0.3 is 0 Å². The molecule has 0 amide bonds. The molecule has 0 fully saturated rings. The fraction of sp³-hybridized carbons (Fsp3) is 0.0833. The molecule has 0 radical (unpaired) electrons. The Morgan fingerprint density at radius 3 is 2.69 bits per heavy atom. The van der Waals surface area contributed by atoms with Crippen molar-refractivity contribution in [3.63, 3.8) is 0 Å². The molecule has 16 heavy (non-hydrogen) atoms. The minimum atomic E-state index is -0.527. The summed E-state index contributed by atoms with van der Waals surface area (Å²) >= 11 is 0. The van der Waals surface area contributed by atoms with Gasteiger partial charge in [0.05, 0.1) is 6.20 Å². The molecule has 0 aliphatic carbocycles. The molecule has 1 aromatic heterocycles. The Balaban J connectivity index is 2.23. The Hall–Kier alpha value is -2.10. The van der Waals surface area contributed by atoms with Crippen LogP contribution in [0.25, 0.3) is 0 Å². The Labute approximate surface area is 92.7 Å². The summed E-state index contributed by atoms with van der Waals surface area (Å²) in [6, 6.07) is 8.11. The normalized spacial score (nSPS) is 10.1. The first kappa shape index (κ1) is 10.4.